The van der Waals surface area contributed by atoms with Gasteiger partial charge < -0.3 is 11.1 Å². The van der Waals surface area contributed by atoms with Gasteiger partial charge in [-0.05, 0) is 18.4 Å². The molecule has 0 bridgehead atoms. The van der Waals surface area contributed by atoms with Crippen LogP contribution < -0.4 is 11.1 Å². The molecule has 1 unspecified atom stereocenters. The summed E-state index contributed by atoms with van der Waals surface area (Å²) in [5.41, 5.74) is 6.95. The van der Waals surface area contributed by atoms with Crippen LogP contribution in [0.15, 0.2) is 30.3 Å². The summed E-state index contributed by atoms with van der Waals surface area (Å²) < 4.78 is 0. The van der Waals surface area contributed by atoms with Crippen molar-refractivity contribution in [2.75, 3.05) is 6.54 Å². The van der Waals surface area contributed by atoms with E-state index in [0.717, 1.165) is 31.4 Å². The van der Waals surface area contributed by atoms with E-state index in [4.69, 9.17) is 5.73 Å². The van der Waals surface area contributed by atoms with Crippen LogP contribution in [-0.4, -0.2) is 18.5 Å². The fourth-order valence-corrected chi connectivity index (χ4v) is 1.68. The molecule has 1 aromatic rings. The lowest BCUT2D eigenvalue weighted by molar-refractivity contribution is -0.122. The fraction of sp³-hybridized carbons (Fsp3) is 0.500. The highest BCUT2D eigenvalue weighted by Crippen LogP contribution is 2.02. The summed E-state index contributed by atoms with van der Waals surface area (Å²) >= 11 is 0. The number of amides is 1. The van der Waals surface area contributed by atoms with Crippen molar-refractivity contribution >= 4 is 18.3 Å². The highest BCUT2D eigenvalue weighted by molar-refractivity contribution is 5.85. The van der Waals surface area contributed by atoms with Gasteiger partial charge in [0.2, 0.25) is 5.91 Å². The summed E-state index contributed by atoms with van der Waals surface area (Å²) in [6.45, 7) is 2.87. The Hall–Kier alpha value is -1.06. The third kappa shape index (κ3) is 6.62. The molecule has 1 rings (SSSR count). The Morgan fingerprint density at radius 1 is 1.28 bits per heavy atom. The van der Waals surface area contributed by atoms with Crippen LogP contribution in [0.3, 0.4) is 0 Å². The third-order valence-corrected chi connectivity index (χ3v) is 2.71. The lowest BCUT2D eigenvalue weighted by Gasteiger charge is -2.12. The standard InChI is InChI=1S/C14H22N2O.ClH/c1-2-3-7-10-16-14(17)13(15)11-12-8-5-4-6-9-12;/h4-6,8-9,13H,2-3,7,10-11,15H2,1H3,(H,16,17);1H. The zero-order valence-electron chi connectivity index (χ0n) is 10.9. The van der Waals surface area contributed by atoms with Crippen LogP contribution in [0, 0.1) is 0 Å². The van der Waals surface area contributed by atoms with Crippen LogP contribution >= 0.6 is 12.4 Å². The molecule has 3 N–H and O–H groups in total. The van der Waals surface area contributed by atoms with Gasteiger partial charge in [-0.15, -0.1) is 12.4 Å². The van der Waals surface area contributed by atoms with Gasteiger partial charge in [-0.2, -0.15) is 0 Å². The van der Waals surface area contributed by atoms with Crippen LogP contribution in [0.2, 0.25) is 0 Å². The number of nitrogens with two attached hydrogens (primary N) is 1. The van der Waals surface area contributed by atoms with Gasteiger partial charge in [-0.25, -0.2) is 0 Å². The normalized spacial score (nSPS) is 11.4. The topological polar surface area (TPSA) is 55.1 Å². The molecule has 0 radical (unpaired) electrons. The lowest BCUT2D eigenvalue weighted by Crippen LogP contribution is -2.42. The summed E-state index contributed by atoms with van der Waals surface area (Å²) in [5.74, 6) is -0.0510. The van der Waals surface area contributed by atoms with Crippen LogP contribution in [0.5, 0.6) is 0 Å². The molecular formula is C14H23ClN2O. The van der Waals surface area contributed by atoms with E-state index >= 15 is 0 Å². The maximum atomic E-state index is 11.7. The number of rotatable bonds is 7. The van der Waals surface area contributed by atoms with Crippen molar-refractivity contribution < 1.29 is 4.79 Å². The maximum absolute atomic E-state index is 11.7. The van der Waals surface area contributed by atoms with Crippen molar-refractivity contribution in [1.82, 2.24) is 5.32 Å². The second-order valence-electron chi connectivity index (χ2n) is 4.29. The molecule has 0 heterocycles. The molecule has 1 atom stereocenters. The first kappa shape index (κ1) is 16.9. The Labute approximate surface area is 116 Å². The van der Waals surface area contributed by atoms with Crippen molar-refractivity contribution in [1.29, 1.82) is 0 Å². The molecule has 0 aliphatic rings. The Balaban J connectivity index is 0.00000289. The predicted octanol–water partition coefficient (Wildman–Crippen LogP) is 2.28. The van der Waals surface area contributed by atoms with Gasteiger partial charge in [0.25, 0.3) is 0 Å². The largest absolute Gasteiger partial charge is 0.355 e. The van der Waals surface area contributed by atoms with Crippen LogP contribution in [-0.2, 0) is 11.2 Å². The Morgan fingerprint density at radius 2 is 1.94 bits per heavy atom. The highest BCUT2D eigenvalue weighted by atomic mass is 35.5. The van der Waals surface area contributed by atoms with Gasteiger partial charge in [-0.1, -0.05) is 50.1 Å². The molecule has 0 spiro atoms. The molecule has 0 saturated heterocycles. The molecule has 18 heavy (non-hydrogen) atoms. The van der Waals surface area contributed by atoms with Gasteiger partial charge in [0.15, 0.2) is 0 Å². The number of hydrogen-bond donors (Lipinski definition) is 2. The van der Waals surface area contributed by atoms with E-state index in [-0.39, 0.29) is 18.3 Å². The van der Waals surface area contributed by atoms with Crippen LogP contribution in [0.1, 0.15) is 31.7 Å². The monoisotopic (exact) mass is 270 g/mol. The molecular weight excluding hydrogens is 248 g/mol. The Kier molecular flexibility index (Phi) is 9.33. The van der Waals surface area contributed by atoms with E-state index in [2.05, 4.69) is 12.2 Å². The summed E-state index contributed by atoms with van der Waals surface area (Å²) in [7, 11) is 0. The van der Waals surface area contributed by atoms with Crippen molar-refractivity contribution in [3.63, 3.8) is 0 Å². The minimum atomic E-state index is -0.445. The molecule has 0 fully saturated rings. The van der Waals surface area contributed by atoms with E-state index in [1.165, 1.54) is 0 Å². The van der Waals surface area contributed by atoms with Crippen molar-refractivity contribution in [3.05, 3.63) is 35.9 Å². The summed E-state index contributed by atoms with van der Waals surface area (Å²) in [6, 6.07) is 9.41. The molecule has 1 aromatic carbocycles. The maximum Gasteiger partial charge on any atom is 0.237 e. The number of carbonyl (C=O) groups excluding carboxylic acids is 1. The number of hydrogen-bond acceptors (Lipinski definition) is 2. The number of nitrogens with one attached hydrogen (secondary N) is 1. The Morgan fingerprint density at radius 3 is 2.56 bits per heavy atom. The first-order chi connectivity index (χ1) is 8.24. The first-order valence-corrected chi connectivity index (χ1v) is 6.31. The van der Waals surface area contributed by atoms with E-state index in [1.54, 1.807) is 0 Å². The van der Waals surface area contributed by atoms with Gasteiger partial charge >= 0.3 is 0 Å². The summed E-state index contributed by atoms with van der Waals surface area (Å²) in [5, 5.41) is 2.87. The molecule has 4 heteroatoms. The molecule has 0 aromatic heterocycles. The van der Waals surface area contributed by atoms with Crippen molar-refractivity contribution in [2.45, 2.75) is 38.6 Å². The summed E-state index contributed by atoms with van der Waals surface area (Å²) in [4.78, 5) is 11.7. The van der Waals surface area contributed by atoms with Gasteiger partial charge in [0.05, 0.1) is 6.04 Å². The van der Waals surface area contributed by atoms with Gasteiger partial charge in [-0.3, -0.25) is 4.79 Å². The molecule has 0 aliphatic carbocycles. The number of unbranched alkanes of at least 4 members (excludes halogenated alkanes) is 2. The Bertz CT molecular complexity index is 330. The van der Waals surface area contributed by atoms with Crippen molar-refractivity contribution in [3.8, 4) is 0 Å². The van der Waals surface area contributed by atoms with Gasteiger partial charge in [0, 0.05) is 6.54 Å². The van der Waals surface area contributed by atoms with E-state index in [9.17, 15) is 4.79 Å². The molecule has 0 aliphatic heterocycles. The minimum Gasteiger partial charge on any atom is -0.355 e. The average molecular weight is 271 g/mol. The minimum absolute atomic E-state index is 0. The van der Waals surface area contributed by atoms with E-state index < -0.39 is 6.04 Å². The molecule has 0 saturated carbocycles. The quantitative estimate of drug-likeness (QED) is 0.747. The first-order valence-electron chi connectivity index (χ1n) is 6.31. The molecule has 1 amide bonds. The SMILES string of the molecule is CCCCCNC(=O)C(N)Cc1ccccc1.Cl. The number of carbonyl (C=O) groups is 1. The van der Waals surface area contributed by atoms with Crippen LogP contribution in [0.25, 0.3) is 0 Å². The fourth-order valence-electron chi connectivity index (χ4n) is 1.68. The lowest BCUT2D eigenvalue weighted by atomic mass is 10.1. The number of benzene rings is 1. The zero-order valence-corrected chi connectivity index (χ0v) is 11.7. The average Bonchev–Trinajstić information content (AvgIpc) is 2.35. The number of halogens is 1. The third-order valence-electron chi connectivity index (χ3n) is 2.71. The van der Waals surface area contributed by atoms with E-state index in [1.807, 2.05) is 30.3 Å². The predicted molar refractivity (Wildman–Crippen MR) is 77.9 cm³/mol. The smallest absolute Gasteiger partial charge is 0.237 e. The summed E-state index contributed by atoms with van der Waals surface area (Å²) in [6.07, 6.45) is 3.93. The second-order valence-corrected chi connectivity index (χ2v) is 4.29. The van der Waals surface area contributed by atoms with Crippen molar-refractivity contribution in [2.24, 2.45) is 5.73 Å². The second kappa shape index (κ2) is 9.92. The molecule has 3 nitrogen and oxygen atoms in total. The highest BCUT2D eigenvalue weighted by Gasteiger charge is 2.12. The molecule has 102 valence electrons. The van der Waals surface area contributed by atoms with Crippen LogP contribution in [0.4, 0.5) is 0 Å². The zero-order chi connectivity index (χ0) is 12.5. The van der Waals surface area contributed by atoms with E-state index in [0.29, 0.717) is 6.42 Å². The van der Waals surface area contributed by atoms with Gasteiger partial charge in [0.1, 0.15) is 0 Å².